The molecule has 0 radical (unpaired) electrons. The Morgan fingerprint density at radius 2 is 1.91 bits per heavy atom. The summed E-state index contributed by atoms with van der Waals surface area (Å²) in [6.45, 7) is 0.0573. The first kappa shape index (κ1) is 19.1. The third-order valence-electron chi connectivity index (χ3n) is 3.29. The van der Waals surface area contributed by atoms with E-state index in [0.717, 1.165) is 4.31 Å². The Morgan fingerprint density at radius 3 is 2.45 bits per heavy atom. The molecular weight excluding hydrogens is 348 g/mol. The summed E-state index contributed by atoms with van der Waals surface area (Å²) >= 11 is 0. The minimum atomic E-state index is -4.96. The molecule has 1 aromatic carbocycles. The van der Waals surface area contributed by atoms with Crippen molar-refractivity contribution < 1.29 is 26.0 Å². The van der Waals surface area contributed by atoms with E-state index in [1.165, 1.54) is 0 Å². The van der Waals surface area contributed by atoms with Gasteiger partial charge in [-0.15, -0.1) is 12.4 Å². The molecule has 1 fully saturated rings. The number of halogens is 5. The van der Waals surface area contributed by atoms with E-state index in [2.05, 4.69) is 0 Å². The number of piperidine rings is 1. The number of alkyl halides is 3. The maximum atomic E-state index is 13.0. The smallest absolute Gasteiger partial charge is 0.327 e. The van der Waals surface area contributed by atoms with Crippen LogP contribution in [0.4, 0.5) is 17.6 Å². The predicted octanol–water partition coefficient (Wildman–Crippen LogP) is 2.38. The van der Waals surface area contributed by atoms with Gasteiger partial charge in [0.2, 0.25) is 10.0 Å². The van der Waals surface area contributed by atoms with E-state index < -0.39 is 38.5 Å². The quantitative estimate of drug-likeness (QED) is 0.822. The largest absolute Gasteiger partial charge is 0.417 e. The molecule has 1 heterocycles. The lowest BCUT2D eigenvalue weighted by Crippen LogP contribution is -2.46. The monoisotopic (exact) mass is 362 g/mol. The molecule has 0 amide bonds. The standard InChI is InChI=1S/C12H14F4N2O2S.ClH/c13-8-3-4-11(10(6-8)12(14,15)16)21(19,20)18-5-1-2-9(17)7-18;/h3-4,6,9H,1-2,5,7,17H2;1H. The van der Waals surface area contributed by atoms with Gasteiger partial charge in [-0.2, -0.15) is 17.5 Å². The number of nitrogens with zero attached hydrogens (tertiary/aromatic N) is 1. The fourth-order valence-corrected chi connectivity index (χ4v) is 4.01. The van der Waals surface area contributed by atoms with Crippen LogP contribution in [-0.4, -0.2) is 31.9 Å². The maximum Gasteiger partial charge on any atom is 0.417 e. The molecule has 126 valence electrons. The van der Waals surface area contributed by atoms with Crippen molar-refractivity contribution in [2.75, 3.05) is 13.1 Å². The van der Waals surface area contributed by atoms with Gasteiger partial charge in [-0.05, 0) is 31.0 Å². The van der Waals surface area contributed by atoms with E-state index in [1.807, 2.05) is 0 Å². The number of benzene rings is 1. The van der Waals surface area contributed by atoms with Crippen LogP contribution in [0.15, 0.2) is 23.1 Å². The molecule has 10 heteroatoms. The lowest BCUT2D eigenvalue weighted by molar-refractivity contribution is -0.140. The van der Waals surface area contributed by atoms with E-state index in [-0.39, 0.29) is 31.6 Å². The topological polar surface area (TPSA) is 63.4 Å². The van der Waals surface area contributed by atoms with E-state index in [1.54, 1.807) is 0 Å². The number of sulfonamides is 1. The van der Waals surface area contributed by atoms with E-state index in [4.69, 9.17) is 5.73 Å². The van der Waals surface area contributed by atoms with Crippen LogP contribution in [0.3, 0.4) is 0 Å². The molecule has 1 aromatic rings. The highest BCUT2D eigenvalue weighted by Crippen LogP contribution is 2.36. The van der Waals surface area contributed by atoms with Gasteiger partial charge in [0.15, 0.2) is 0 Å². The lowest BCUT2D eigenvalue weighted by Gasteiger charge is -2.30. The van der Waals surface area contributed by atoms with Gasteiger partial charge in [0.1, 0.15) is 5.82 Å². The van der Waals surface area contributed by atoms with Crippen LogP contribution in [0.25, 0.3) is 0 Å². The number of rotatable bonds is 2. The van der Waals surface area contributed by atoms with Gasteiger partial charge in [0.05, 0.1) is 10.5 Å². The Hall–Kier alpha value is -0.900. The molecule has 0 aliphatic carbocycles. The van der Waals surface area contributed by atoms with Crippen molar-refractivity contribution in [3.63, 3.8) is 0 Å². The zero-order valence-electron chi connectivity index (χ0n) is 11.3. The molecule has 0 saturated carbocycles. The van der Waals surface area contributed by atoms with Gasteiger partial charge in [-0.1, -0.05) is 0 Å². The zero-order chi connectivity index (χ0) is 15.8. The van der Waals surface area contributed by atoms with E-state index in [0.29, 0.717) is 25.0 Å². The van der Waals surface area contributed by atoms with Gasteiger partial charge in [0.25, 0.3) is 0 Å². The van der Waals surface area contributed by atoms with Gasteiger partial charge in [0, 0.05) is 19.1 Å². The second-order valence-electron chi connectivity index (χ2n) is 4.90. The molecule has 1 aliphatic rings. The van der Waals surface area contributed by atoms with Crippen molar-refractivity contribution in [3.05, 3.63) is 29.6 Å². The molecule has 1 aliphatic heterocycles. The summed E-state index contributed by atoms with van der Waals surface area (Å²) in [6.07, 6.45) is -3.87. The highest BCUT2D eigenvalue weighted by Gasteiger charge is 2.40. The summed E-state index contributed by atoms with van der Waals surface area (Å²) in [6, 6.07) is 1.12. The average Bonchev–Trinajstić information content (AvgIpc) is 2.37. The molecule has 0 aromatic heterocycles. The van der Waals surface area contributed by atoms with Crippen LogP contribution < -0.4 is 5.73 Å². The zero-order valence-corrected chi connectivity index (χ0v) is 12.9. The molecule has 2 rings (SSSR count). The average molecular weight is 363 g/mol. The van der Waals surface area contributed by atoms with Crippen molar-refractivity contribution in [1.29, 1.82) is 0 Å². The summed E-state index contributed by atoms with van der Waals surface area (Å²) < 4.78 is 77.5. The highest BCUT2D eigenvalue weighted by molar-refractivity contribution is 7.89. The second-order valence-corrected chi connectivity index (χ2v) is 6.81. The third-order valence-corrected chi connectivity index (χ3v) is 5.21. The Labute approximate surface area is 131 Å². The molecule has 22 heavy (non-hydrogen) atoms. The van der Waals surface area contributed by atoms with Crippen molar-refractivity contribution in [2.45, 2.75) is 30.0 Å². The summed E-state index contributed by atoms with van der Waals surface area (Å²) in [4.78, 5) is -0.939. The molecule has 4 nitrogen and oxygen atoms in total. The lowest BCUT2D eigenvalue weighted by atomic mass is 10.1. The first-order chi connectivity index (χ1) is 9.62. The van der Waals surface area contributed by atoms with Gasteiger partial charge >= 0.3 is 6.18 Å². The Kier molecular flexibility index (Phi) is 5.82. The van der Waals surface area contributed by atoms with Crippen molar-refractivity contribution in [1.82, 2.24) is 4.31 Å². The fraction of sp³-hybridized carbons (Fsp3) is 0.500. The fourth-order valence-electron chi connectivity index (χ4n) is 2.28. The first-order valence-corrected chi connectivity index (χ1v) is 7.69. The van der Waals surface area contributed by atoms with Gasteiger partial charge in [-0.3, -0.25) is 0 Å². The predicted molar refractivity (Wildman–Crippen MR) is 74.6 cm³/mol. The highest BCUT2D eigenvalue weighted by atomic mass is 35.5. The number of hydrogen-bond acceptors (Lipinski definition) is 3. The molecule has 1 unspecified atom stereocenters. The van der Waals surface area contributed by atoms with Crippen LogP contribution >= 0.6 is 12.4 Å². The van der Waals surface area contributed by atoms with Crippen LogP contribution in [0.2, 0.25) is 0 Å². The normalized spacial score (nSPS) is 20.5. The van der Waals surface area contributed by atoms with Crippen LogP contribution in [0.5, 0.6) is 0 Å². The van der Waals surface area contributed by atoms with Gasteiger partial charge < -0.3 is 5.73 Å². The summed E-state index contributed by atoms with van der Waals surface area (Å²) in [7, 11) is -4.36. The number of nitrogens with two attached hydrogens (primary N) is 1. The summed E-state index contributed by atoms with van der Waals surface area (Å²) in [5.41, 5.74) is 4.16. The molecular formula is C12H15ClF4N2O2S. The Balaban J connectivity index is 0.00000242. The molecule has 1 saturated heterocycles. The maximum absolute atomic E-state index is 13.0. The van der Waals surface area contributed by atoms with Crippen LogP contribution in [-0.2, 0) is 16.2 Å². The first-order valence-electron chi connectivity index (χ1n) is 6.25. The van der Waals surface area contributed by atoms with Crippen molar-refractivity contribution >= 4 is 22.4 Å². The minimum absolute atomic E-state index is 0. The van der Waals surface area contributed by atoms with E-state index in [9.17, 15) is 26.0 Å². The minimum Gasteiger partial charge on any atom is -0.327 e. The third kappa shape index (κ3) is 3.89. The van der Waals surface area contributed by atoms with Gasteiger partial charge in [-0.25, -0.2) is 12.8 Å². The van der Waals surface area contributed by atoms with E-state index >= 15 is 0 Å². The van der Waals surface area contributed by atoms with Crippen molar-refractivity contribution in [2.24, 2.45) is 5.73 Å². The molecule has 0 bridgehead atoms. The molecule has 0 spiro atoms. The summed E-state index contributed by atoms with van der Waals surface area (Å²) in [5, 5.41) is 0. The second kappa shape index (κ2) is 6.69. The van der Waals surface area contributed by atoms with Crippen molar-refractivity contribution in [3.8, 4) is 0 Å². The summed E-state index contributed by atoms with van der Waals surface area (Å²) in [5.74, 6) is -1.14. The molecule has 2 N–H and O–H groups in total. The Morgan fingerprint density at radius 1 is 1.27 bits per heavy atom. The number of hydrogen-bond donors (Lipinski definition) is 1. The van der Waals surface area contributed by atoms with Crippen LogP contribution in [0, 0.1) is 5.82 Å². The Bertz CT molecular complexity index is 637. The SMILES string of the molecule is Cl.NC1CCCN(S(=O)(=O)c2ccc(F)cc2C(F)(F)F)C1. The van der Waals surface area contributed by atoms with Crippen LogP contribution in [0.1, 0.15) is 18.4 Å². The molecule has 1 atom stereocenters.